The average molecular weight is 1460 g/mol. The van der Waals surface area contributed by atoms with Crippen molar-refractivity contribution in [2.24, 2.45) is 0 Å². The second-order valence-electron chi connectivity index (χ2n) is 31.9. The standard InChI is InChI=1S/C109H70N6/c1-109(2)93-36-16-11-30-80(93)81-53-48-75(64-94(81)109)112-98-39-19-14-33-84(98)90-59-68(45-56-101(90)112)71-44-52-89-105(63-71)114(77-49-54-87-83-32-12-17-37-96(83)110(106(87)66-77)73-25-5-3-6-26-73)103-42-22-35-79(108(89)103)72-47-58-100-92(61-72)88-55-50-76(65-107(88)111(100)74-27-7-4-8-28-74)113-97-38-18-13-31-82(97)86-51-43-70(62-104(86)113)69-46-57-102-91(60-69)85-34-15-20-40-99(85)115(102)95-41-21-24-67-23-9-10-29-78(67)95/h3-66H,1-2H3. The molecule has 536 valence electrons. The Labute approximate surface area is 661 Å². The fourth-order valence-electron chi connectivity index (χ4n) is 20.4. The average Bonchev–Trinajstić information content (AvgIpc) is 1.58. The van der Waals surface area contributed by atoms with Gasteiger partial charge in [-0.05, 0) is 207 Å². The van der Waals surface area contributed by atoms with E-state index < -0.39 is 0 Å². The molecule has 1 aliphatic carbocycles. The SMILES string of the molecule is CC1(C)c2ccccc2-c2ccc(-n3c4ccccc4c4cc(-c5ccc6c7c(-c8ccc9c(c8)c8ccc(-n%10c%11ccccc%11c%11ccc(-c%12ccc%13c(c%12)c%12ccccc%12n%13-c%12cccc%13ccccc%12%13)cc%11%10)cc8n9-c8ccccc8)cccc7n(-c7ccc8c9ccccc9n(-c9ccccc9)c8c7)c6c5)ccc43)cc21. The summed E-state index contributed by atoms with van der Waals surface area (Å²) in [6.45, 7) is 4.74. The summed E-state index contributed by atoms with van der Waals surface area (Å²) < 4.78 is 14.9. The van der Waals surface area contributed by atoms with Crippen LogP contribution >= 0.6 is 0 Å². The number of rotatable bonds is 9. The van der Waals surface area contributed by atoms with Crippen molar-refractivity contribution in [3.05, 3.63) is 399 Å². The predicted molar refractivity (Wildman–Crippen MR) is 484 cm³/mol. The minimum Gasteiger partial charge on any atom is -0.309 e. The molecule has 6 nitrogen and oxygen atoms in total. The van der Waals surface area contributed by atoms with Crippen molar-refractivity contribution in [3.63, 3.8) is 0 Å². The molecule has 6 heteroatoms. The van der Waals surface area contributed by atoms with Gasteiger partial charge in [0.2, 0.25) is 0 Å². The van der Waals surface area contributed by atoms with Crippen molar-refractivity contribution < 1.29 is 0 Å². The third kappa shape index (κ3) is 9.16. The first-order valence-electron chi connectivity index (χ1n) is 40.0. The Balaban J connectivity index is 0.658. The Bertz CT molecular complexity index is 8310. The highest BCUT2D eigenvalue weighted by Crippen LogP contribution is 2.51. The van der Waals surface area contributed by atoms with Gasteiger partial charge in [0.15, 0.2) is 0 Å². The second kappa shape index (κ2) is 24.0. The molecule has 0 atom stereocenters. The molecule has 0 unspecified atom stereocenters. The van der Waals surface area contributed by atoms with E-state index in [-0.39, 0.29) is 5.41 Å². The molecule has 0 radical (unpaired) electrons. The summed E-state index contributed by atoms with van der Waals surface area (Å²) in [5.74, 6) is 0. The Kier molecular flexibility index (Phi) is 13.3. The van der Waals surface area contributed by atoms with Gasteiger partial charge in [-0.25, -0.2) is 0 Å². The second-order valence-corrected chi connectivity index (χ2v) is 31.9. The lowest BCUT2D eigenvalue weighted by molar-refractivity contribution is 0.660. The first-order valence-corrected chi connectivity index (χ1v) is 40.0. The van der Waals surface area contributed by atoms with E-state index in [0.717, 1.165) is 78.1 Å². The summed E-state index contributed by atoms with van der Waals surface area (Å²) in [6.07, 6.45) is 0. The van der Waals surface area contributed by atoms with Crippen LogP contribution in [-0.4, -0.2) is 27.4 Å². The van der Waals surface area contributed by atoms with E-state index in [0.29, 0.717) is 0 Å². The molecule has 0 aliphatic heterocycles. The molecule has 0 bridgehead atoms. The van der Waals surface area contributed by atoms with Crippen molar-refractivity contribution in [1.82, 2.24) is 27.4 Å². The molecule has 115 heavy (non-hydrogen) atoms. The van der Waals surface area contributed by atoms with Gasteiger partial charge in [-0.2, -0.15) is 0 Å². The van der Waals surface area contributed by atoms with E-state index in [9.17, 15) is 0 Å². The molecular weight excluding hydrogens is 1390 g/mol. The summed E-state index contributed by atoms with van der Waals surface area (Å²) in [6, 6.07) is 146. The van der Waals surface area contributed by atoms with Gasteiger partial charge in [0.25, 0.3) is 0 Å². The smallest absolute Gasteiger partial charge is 0.0561 e. The quantitative estimate of drug-likeness (QED) is 0.138. The lowest BCUT2D eigenvalue weighted by atomic mass is 9.82. The molecular formula is C109H70N6. The highest BCUT2D eigenvalue weighted by Gasteiger charge is 2.36. The third-order valence-electron chi connectivity index (χ3n) is 25.6. The van der Waals surface area contributed by atoms with Crippen molar-refractivity contribution >= 4 is 142 Å². The molecule has 1 aliphatic rings. The summed E-state index contributed by atoms with van der Waals surface area (Å²) in [5.41, 5.74) is 33.0. The third-order valence-corrected chi connectivity index (χ3v) is 25.6. The van der Waals surface area contributed by atoms with Gasteiger partial charge in [0.1, 0.15) is 0 Å². The van der Waals surface area contributed by atoms with E-state index >= 15 is 0 Å². The van der Waals surface area contributed by atoms with Crippen LogP contribution in [0.15, 0.2) is 388 Å². The first-order chi connectivity index (χ1) is 56.8. The number of para-hydroxylation sites is 6. The van der Waals surface area contributed by atoms with Crippen molar-refractivity contribution in [3.8, 4) is 78.6 Å². The summed E-state index contributed by atoms with van der Waals surface area (Å²) in [5, 5.41) is 17.0. The van der Waals surface area contributed by atoms with Gasteiger partial charge < -0.3 is 27.4 Å². The van der Waals surface area contributed by atoms with Crippen LogP contribution in [0.2, 0.25) is 0 Å². The molecule has 0 N–H and O–H groups in total. The molecule has 18 aromatic carbocycles. The zero-order valence-corrected chi connectivity index (χ0v) is 63.1. The Morgan fingerprint density at radius 3 is 1.13 bits per heavy atom. The molecule has 0 amide bonds. The maximum absolute atomic E-state index is 2.53. The van der Waals surface area contributed by atoms with Gasteiger partial charge in [-0.1, -0.05) is 257 Å². The molecule has 0 saturated carbocycles. The van der Waals surface area contributed by atoms with Crippen LogP contribution in [0.1, 0.15) is 25.0 Å². The lowest BCUT2D eigenvalue weighted by Crippen LogP contribution is -2.15. The van der Waals surface area contributed by atoms with Gasteiger partial charge in [-0.15, -0.1) is 0 Å². The lowest BCUT2D eigenvalue weighted by Gasteiger charge is -2.22. The molecule has 0 spiro atoms. The van der Waals surface area contributed by atoms with E-state index in [2.05, 4.69) is 429 Å². The van der Waals surface area contributed by atoms with E-state index in [1.807, 2.05) is 0 Å². The number of hydrogen-bond donors (Lipinski definition) is 0. The number of nitrogens with zero attached hydrogens (tertiary/aromatic N) is 6. The zero-order valence-electron chi connectivity index (χ0n) is 63.1. The summed E-state index contributed by atoms with van der Waals surface area (Å²) in [7, 11) is 0. The highest BCUT2D eigenvalue weighted by atomic mass is 15.0. The number of hydrogen-bond acceptors (Lipinski definition) is 0. The molecule has 24 aromatic rings. The minimum absolute atomic E-state index is 0.124. The fourth-order valence-corrected chi connectivity index (χ4v) is 20.4. The van der Waals surface area contributed by atoms with Crippen LogP contribution in [0.4, 0.5) is 0 Å². The van der Waals surface area contributed by atoms with Crippen LogP contribution in [0.25, 0.3) is 220 Å². The number of benzene rings is 18. The predicted octanol–water partition coefficient (Wildman–Crippen LogP) is 28.7. The van der Waals surface area contributed by atoms with Crippen LogP contribution in [0, 0.1) is 0 Å². The Morgan fingerprint density at radius 2 is 0.522 bits per heavy atom. The van der Waals surface area contributed by atoms with Crippen LogP contribution < -0.4 is 0 Å². The Morgan fingerprint density at radius 1 is 0.174 bits per heavy atom. The van der Waals surface area contributed by atoms with E-state index in [1.165, 1.54) is 153 Å². The van der Waals surface area contributed by atoms with Gasteiger partial charge in [0.05, 0.1) is 71.9 Å². The Hall–Kier alpha value is -15.0. The topological polar surface area (TPSA) is 29.6 Å². The molecule has 0 fully saturated rings. The van der Waals surface area contributed by atoms with E-state index in [1.54, 1.807) is 0 Å². The molecule has 0 saturated heterocycles. The van der Waals surface area contributed by atoms with E-state index in [4.69, 9.17) is 0 Å². The van der Waals surface area contributed by atoms with Crippen LogP contribution in [-0.2, 0) is 5.41 Å². The largest absolute Gasteiger partial charge is 0.309 e. The first kappa shape index (κ1) is 63.8. The fraction of sp³-hybridized carbons (Fsp3) is 0.0275. The van der Waals surface area contributed by atoms with Crippen LogP contribution in [0.5, 0.6) is 0 Å². The van der Waals surface area contributed by atoms with Crippen molar-refractivity contribution in [2.45, 2.75) is 19.3 Å². The maximum atomic E-state index is 2.53. The van der Waals surface area contributed by atoms with Crippen molar-refractivity contribution in [1.29, 1.82) is 0 Å². The minimum atomic E-state index is -0.124. The van der Waals surface area contributed by atoms with Gasteiger partial charge >= 0.3 is 0 Å². The summed E-state index contributed by atoms with van der Waals surface area (Å²) >= 11 is 0. The molecule has 6 heterocycles. The monoisotopic (exact) mass is 1460 g/mol. The maximum Gasteiger partial charge on any atom is 0.0561 e. The van der Waals surface area contributed by atoms with Crippen LogP contribution in [0.3, 0.4) is 0 Å². The zero-order chi connectivity index (χ0) is 75.5. The molecule has 25 rings (SSSR count). The number of aromatic nitrogens is 6. The van der Waals surface area contributed by atoms with Gasteiger partial charge in [-0.3, -0.25) is 0 Å². The molecule has 6 aromatic heterocycles. The van der Waals surface area contributed by atoms with Crippen molar-refractivity contribution in [2.75, 3.05) is 0 Å². The number of fused-ring (bicyclic) bond motifs is 22. The van der Waals surface area contributed by atoms with Gasteiger partial charge in [0, 0.05) is 104 Å². The summed E-state index contributed by atoms with van der Waals surface area (Å²) in [4.78, 5) is 0. The normalized spacial score (nSPS) is 12.9. The highest BCUT2D eigenvalue weighted by molar-refractivity contribution is 6.21.